The van der Waals surface area contributed by atoms with Gasteiger partial charge in [0, 0.05) is 11.4 Å². The number of rotatable bonds is 3. The van der Waals surface area contributed by atoms with Crippen molar-refractivity contribution in [1.82, 2.24) is 0 Å². The molecular weight excluding hydrogens is 208 g/mol. The highest BCUT2D eigenvalue weighted by atomic mass is 32.2. The van der Waals surface area contributed by atoms with Crippen LogP contribution in [-0.2, 0) is 0 Å². The Bertz CT molecular complexity index is 333. The van der Waals surface area contributed by atoms with Crippen molar-refractivity contribution in [1.29, 1.82) is 0 Å². The van der Waals surface area contributed by atoms with Crippen molar-refractivity contribution < 1.29 is 13.9 Å². The summed E-state index contributed by atoms with van der Waals surface area (Å²) in [4.78, 5) is 0.300. The molecule has 0 aliphatic carbocycles. The molecule has 0 fully saturated rings. The molecule has 1 atom stereocenters. The Morgan fingerprint density at radius 2 is 2.14 bits per heavy atom. The van der Waals surface area contributed by atoms with Crippen molar-refractivity contribution in [2.45, 2.75) is 11.0 Å². The second kappa shape index (κ2) is 4.72. The summed E-state index contributed by atoms with van der Waals surface area (Å²) in [5.74, 6) is -1.49. The van der Waals surface area contributed by atoms with Gasteiger partial charge in [-0.2, -0.15) is 0 Å². The molecule has 5 heteroatoms. The summed E-state index contributed by atoms with van der Waals surface area (Å²) in [5, 5.41) is 9.30. The number of nitrogens with two attached hydrogens (primary N) is 1. The Kier molecular flexibility index (Phi) is 3.86. The maximum Gasteiger partial charge on any atom is 0.145 e. The maximum atomic E-state index is 13.5. The lowest BCUT2D eigenvalue weighted by Gasteiger charge is -2.12. The van der Waals surface area contributed by atoms with Crippen LogP contribution in [0.4, 0.5) is 8.78 Å². The Hall–Kier alpha value is -0.650. The fourth-order valence-electron chi connectivity index (χ4n) is 1.13. The van der Waals surface area contributed by atoms with E-state index in [1.54, 1.807) is 6.26 Å². The second-order valence-electron chi connectivity index (χ2n) is 2.73. The molecule has 78 valence electrons. The van der Waals surface area contributed by atoms with Crippen LogP contribution in [0.5, 0.6) is 0 Å². The van der Waals surface area contributed by atoms with E-state index in [2.05, 4.69) is 0 Å². The van der Waals surface area contributed by atoms with Gasteiger partial charge in [-0.15, -0.1) is 11.8 Å². The van der Waals surface area contributed by atoms with Gasteiger partial charge in [-0.25, -0.2) is 8.78 Å². The number of aliphatic hydroxyl groups is 1. The molecule has 0 bridgehead atoms. The van der Waals surface area contributed by atoms with E-state index in [-0.39, 0.29) is 12.1 Å². The molecule has 0 aliphatic rings. The molecule has 0 saturated carbocycles. The first kappa shape index (κ1) is 11.4. The first-order valence-corrected chi connectivity index (χ1v) is 5.24. The molecule has 0 heterocycles. The molecule has 2 nitrogen and oxygen atoms in total. The largest absolute Gasteiger partial charge is 0.387 e. The molecule has 0 aliphatic heterocycles. The smallest absolute Gasteiger partial charge is 0.145 e. The minimum atomic E-state index is -1.29. The van der Waals surface area contributed by atoms with Crippen molar-refractivity contribution in [3.8, 4) is 0 Å². The average Bonchev–Trinajstić information content (AvgIpc) is 2.18. The van der Waals surface area contributed by atoms with E-state index in [1.165, 1.54) is 6.07 Å². The number of hydrogen-bond acceptors (Lipinski definition) is 3. The van der Waals surface area contributed by atoms with E-state index in [0.717, 1.165) is 17.8 Å². The van der Waals surface area contributed by atoms with Crippen LogP contribution < -0.4 is 5.73 Å². The van der Waals surface area contributed by atoms with E-state index in [1.807, 2.05) is 0 Å². The second-order valence-corrected chi connectivity index (χ2v) is 3.58. The summed E-state index contributed by atoms with van der Waals surface area (Å²) in [6.45, 7) is -0.203. The number of hydrogen-bond donors (Lipinski definition) is 2. The van der Waals surface area contributed by atoms with Gasteiger partial charge in [0.1, 0.15) is 11.6 Å². The van der Waals surface area contributed by atoms with Gasteiger partial charge < -0.3 is 10.8 Å². The zero-order valence-corrected chi connectivity index (χ0v) is 8.44. The van der Waals surface area contributed by atoms with Crippen molar-refractivity contribution in [2.75, 3.05) is 12.8 Å². The molecule has 0 aromatic heterocycles. The predicted octanol–water partition coefficient (Wildman–Crippen LogP) is 1.68. The van der Waals surface area contributed by atoms with Crippen molar-refractivity contribution >= 4 is 11.8 Å². The van der Waals surface area contributed by atoms with Crippen LogP contribution in [0.25, 0.3) is 0 Å². The van der Waals surface area contributed by atoms with E-state index in [4.69, 9.17) is 5.73 Å². The van der Waals surface area contributed by atoms with Gasteiger partial charge in [-0.1, -0.05) is 0 Å². The average molecular weight is 219 g/mol. The monoisotopic (exact) mass is 219 g/mol. The molecule has 1 unspecified atom stereocenters. The maximum absolute atomic E-state index is 13.5. The van der Waals surface area contributed by atoms with Gasteiger partial charge >= 0.3 is 0 Å². The van der Waals surface area contributed by atoms with Gasteiger partial charge in [0.2, 0.25) is 0 Å². The first-order chi connectivity index (χ1) is 6.61. The van der Waals surface area contributed by atoms with Crippen LogP contribution in [0.1, 0.15) is 11.7 Å². The fourth-order valence-corrected chi connectivity index (χ4v) is 1.62. The SMILES string of the molecule is CSc1ccc(F)c(C(O)CN)c1F. The summed E-state index contributed by atoms with van der Waals surface area (Å²) >= 11 is 1.15. The molecular formula is C9H11F2NOS. The highest BCUT2D eigenvalue weighted by Crippen LogP contribution is 2.27. The lowest BCUT2D eigenvalue weighted by atomic mass is 10.1. The summed E-state index contributed by atoms with van der Waals surface area (Å²) in [6.07, 6.45) is 0.386. The summed E-state index contributed by atoms with van der Waals surface area (Å²) in [6, 6.07) is 2.46. The van der Waals surface area contributed by atoms with Crippen molar-refractivity contribution in [3.05, 3.63) is 29.3 Å². The van der Waals surface area contributed by atoms with Crippen LogP contribution in [0.3, 0.4) is 0 Å². The van der Waals surface area contributed by atoms with Crippen LogP contribution >= 0.6 is 11.8 Å². The zero-order valence-electron chi connectivity index (χ0n) is 7.63. The van der Waals surface area contributed by atoms with Gasteiger partial charge in [0.25, 0.3) is 0 Å². The topological polar surface area (TPSA) is 46.2 Å². The number of thioether (sulfide) groups is 1. The van der Waals surface area contributed by atoms with Crippen molar-refractivity contribution in [2.24, 2.45) is 5.73 Å². The third-order valence-electron chi connectivity index (χ3n) is 1.87. The quantitative estimate of drug-likeness (QED) is 0.760. The standard InChI is InChI=1S/C9H11F2NOS/c1-14-7-3-2-5(10)8(9(7)11)6(13)4-12/h2-3,6,13H,4,12H2,1H3. The van der Waals surface area contributed by atoms with Gasteiger partial charge in [0.15, 0.2) is 0 Å². The molecule has 0 radical (unpaired) electrons. The summed E-state index contributed by atoms with van der Waals surface area (Å²) in [7, 11) is 0. The zero-order chi connectivity index (χ0) is 10.7. The molecule has 0 spiro atoms. The predicted molar refractivity (Wildman–Crippen MR) is 52.2 cm³/mol. The Morgan fingerprint density at radius 3 is 2.64 bits per heavy atom. The number of aliphatic hydroxyl groups excluding tert-OH is 1. The molecule has 1 aromatic rings. The van der Waals surface area contributed by atoms with E-state index in [9.17, 15) is 13.9 Å². The number of halogens is 2. The molecule has 3 N–H and O–H groups in total. The van der Waals surface area contributed by atoms with Crippen LogP contribution in [0.2, 0.25) is 0 Å². The van der Waals surface area contributed by atoms with Crippen LogP contribution in [0, 0.1) is 11.6 Å². The van der Waals surface area contributed by atoms with E-state index >= 15 is 0 Å². The highest BCUT2D eigenvalue weighted by Gasteiger charge is 2.19. The van der Waals surface area contributed by atoms with E-state index in [0.29, 0.717) is 4.90 Å². The molecule has 0 amide bonds. The summed E-state index contributed by atoms with van der Waals surface area (Å²) in [5.41, 5.74) is 4.80. The minimum Gasteiger partial charge on any atom is -0.387 e. The van der Waals surface area contributed by atoms with Crippen LogP contribution in [0.15, 0.2) is 17.0 Å². The van der Waals surface area contributed by atoms with E-state index < -0.39 is 17.7 Å². The fraction of sp³-hybridized carbons (Fsp3) is 0.333. The van der Waals surface area contributed by atoms with Crippen molar-refractivity contribution in [3.63, 3.8) is 0 Å². The lowest BCUT2D eigenvalue weighted by molar-refractivity contribution is 0.175. The first-order valence-electron chi connectivity index (χ1n) is 4.01. The Balaban J connectivity index is 3.25. The summed E-state index contributed by atoms with van der Waals surface area (Å²) < 4.78 is 26.6. The number of benzene rings is 1. The molecule has 1 rings (SSSR count). The van der Waals surface area contributed by atoms with Crippen LogP contribution in [-0.4, -0.2) is 17.9 Å². The molecule has 14 heavy (non-hydrogen) atoms. The van der Waals surface area contributed by atoms with Gasteiger partial charge in [-0.05, 0) is 18.4 Å². The molecule has 0 saturated heterocycles. The normalized spacial score (nSPS) is 12.9. The third kappa shape index (κ3) is 2.05. The third-order valence-corrected chi connectivity index (χ3v) is 2.62. The minimum absolute atomic E-state index is 0.203. The lowest BCUT2D eigenvalue weighted by Crippen LogP contribution is -2.15. The van der Waals surface area contributed by atoms with Gasteiger partial charge in [0.05, 0.1) is 11.7 Å². The highest BCUT2D eigenvalue weighted by molar-refractivity contribution is 7.98. The Labute approximate surface area is 85.1 Å². The Morgan fingerprint density at radius 1 is 1.50 bits per heavy atom. The molecule has 1 aromatic carbocycles. The van der Waals surface area contributed by atoms with Gasteiger partial charge in [-0.3, -0.25) is 0 Å².